The van der Waals surface area contributed by atoms with Gasteiger partial charge >= 0.3 is 5.97 Å². The summed E-state index contributed by atoms with van der Waals surface area (Å²) in [5.41, 5.74) is 0.307. The summed E-state index contributed by atoms with van der Waals surface area (Å²) >= 11 is 0. The molecule has 0 saturated carbocycles. The maximum Gasteiger partial charge on any atom is 0.352 e. The first kappa shape index (κ1) is 12.6. The molecule has 2 rings (SSSR count). The third-order valence-electron chi connectivity index (χ3n) is 2.60. The minimum absolute atomic E-state index is 0.0979. The van der Waals surface area contributed by atoms with Gasteiger partial charge in [-0.1, -0.05) is 12.1 Å². The largest absolute Gasteiger partial charge is 0.508 e. The molecule has 0 fully saturated rings. The van der Waals surface area contributed by atoms with Crippen LogP contribution in [0.2, 0.25) is 0 Å². The molecule has 0 atom stereocenters. The lowest BCUT2D eigenvalue weighted by Gasteiger charge is -2.05. The SMILES string of the molecule is O=C(O)c1cc([N+](=O)[O-])cn1Cc1ccc(O)cc1. The fourth-order valence-corrected chi connectivity index (χ4v) is 1.70. The smallest absolute Gasteiger partial charge is 0.352 e. The van der Waals surface area contributed by atoms with Gasteiger partial charge < -0.3 is 14.8 Å². The van der Waals surface area contributed by atoms with Gasteiger partial charge in [-0.3, -0.25) is 10.1 Å². The van der Waals surface area contributed by atoms with Crippen LogP contribution in [0.5, 0.6) is 5.75 Å². The molecule has 7 nitrogen and oxygen atoms in total. The van der Waals surface area contributed by atoms with E-state index < -0.39 is 10.9 Å². The number of phenolic OH excluding ortho intramolecular Hbond substituents is 1. The van der Waals surface area contributed by atoms with Crippen LogP contribution in [0.15, 0.2) is 36.5 Å². The third-order valence-corrected chi connectivity index (χ3v) is 2.60. The quantitative estimate of drug-likeness (QED) is 0.646. The van der Waals surface area contributed by atoms with Gasteiger partial charge in [0.15, 0.2) is 0 Å². The van der Waals surface area contributed by atoms with E-state index in [0.717, 1.165) is 11.6 Å². The lowest BCUT2D eigenvalue weighted by Crippen LogP contribution is -2.08. The summed E-state index contributed by atoms with van der Waals surface area (Å²) in [6.07, 6.45) is 1.18. The summed E-state index contributed by atoms with van der Waals surface area (Å²) in [6, 6.07) is 7.18. The van der Waals surface area contributed by atoms with Gasteiger partial charge in [-0.25, -0.2) is 4.79 Å². The standard InChI is InChI=1S/C12H10N2O5/c15-10-3-1-8(2-4-10)6-13-7-9(14(18)19)5-11(13)12(16)17/h1-5,7,15H,6H2,(H,16,17). The molecule has 0 unspecified atom stereocenters. The molecule has 2 N–H and O–H groups in total. The highest BCUT2D eigenvalue weighted by Gasteiger charge is 2.18. The number of nitro groups is 1. The van der Waals surface area contributed by atoms with Crippen molar-refractivity contribution < 1.29 is 19.9 Å². The minimum Gasteiger partial charge on any atom is -0.508 e. The third kappa shape index (κ3) is 2.71. The van der Waals surface area contributed by atoms with Gasteiger partial charge in [-0.2, -0.15) is 0 Å². The fourth-order valence-electron chi connectivity index (χ4n) is 1.70. The van der Waals surface area contributed by atoms with Crippen molar-refractivity contribution in [3.8, 4) is 5.75 Å². The van der Waals surface area contributed by atoms with Crippen LogP contribution in [0.1, 0.15) is 16.1 Å². The topological polar surface area (TPSA) is 106 Å². The molecule has 0 aliphatic carbocycles. The Kier molecular flexibility index (Phi) is 3.19. The number of benzene rings is 1. The van der Waals surface area contributed by atoms with E-state index in [1.54, 1.807) is 12.1 Å². The van der Waals surface area contributed by atoms with Crippen molar-refractivity contribution in [2.75, 3.05) is 0 Å². The van der Waals surface area contributed by atoms with Gasteiger partial charge in [0, 0.05) is 12.6 Å². The average Bonchev–Trinajstić information content (AvgIpc) is 2.76. The molecule has 1 heterocycles. The zero-order valence-corrected chi connectivity index (χ0v) is 9.68. The van der Waals surface area contributed by atoms with Crippen LogP contribution in [0.3, 0.4) is 0 Å². The normalized spacial score (nSPS) is 10.3. The van der Waals surface area contributed by atoms with Gasteiger partial charge in [0.25, 0.3) is 5.69 Å². The van der Waals surface area contributed by atoms with E-state index in [1.165, 1.54) is 22.9 Å². The molecule has 0 amide bonds. The second-order valence-corrected chi connectivity index (χ2v) is 3.94. The van der Waals surface area contributed by atoms with E-state index in [1.807, 2.05) is 0 Å². The van der Waals surface area contributed by atoms with Crippen molar-refractivity contribution in [2.45, 2.75) is 6.54 Å². The first-order chi connectivity index (χ1) is 8.97. The summed E-state index contributed by atoms with van der Waals surface area (Å²) < 4.78 is 1.28. The van der Waals surface area contributed by atoms with E-state index in [-0.39, 0.29) is 23.7 Å². The van der Waals surface area contributed by atoms with Crippen molar-refractivity contribution >= 4 is 11.7 Å². The van der Waals surface area contributed by atoms with Crippen LogP contribution < -0.4 is 0 Å². The summed E-state index contributed by atoms with van der Waals surface area (Å²) in [5, 5.41) is 28.8. The molecule has 0 aliphatic rings. The van der Waals surface area contributed by atoms with Gasteiger partial charge in [0.2, 0.25) is 0 Å². The number of phenols is 1. The van der Waals surface area contributed by atoms with Crippen molar-refractivity contribution in [3.63, 3.8) is 0 Å². The van der Waals surface area contributed by atoms with E-state index in [2.05, 4.69) is 0 Å². The molecule has 2 aromatic rings. The number of rotatable bonds is 4. The van der Waals surface area contributed by atoms with Crippen LogP contribution in [0.4, 0.5) is 5.69 Å². The number of aromatic carboxylic acids is 1. The Morgan fingerprint density at radius 1 is 1.32 bits per heavy atom. The number of aromatic hydroxyl groups is 1. The Balaban J connectivity index is 2.35. The summed E-state index contributed by atoms with van der Waals surface area (Å²) in [4.78, 5) is 21.0. The molecule has 0 bridgehead atoms. The predicted octanol–water partition coefficient (Wildman–Crippen LogP) is 1.85. The number of carboxylic acids is 1. The predicted molar refractivity (Wildman–Crippen MR) is 65.3 cm³/mol. The van der Waals surface area contributed by atoms with Crippen LogP contribution in [-0.4, -0.2) is 25.7 Å². The maximum absolute atomic E-state index is 11.0. The number of nitrogens with zero attached hydrogens (tertiary/aromatic N) is 2. The van der Waals surface area contributed by atoms with Crippen LogP contribution >= 0.6 is 0 Å². The number of hydrogen-bond donors (Lipinski definition) is 2. The zero-order valence-electron chi connectivity index (χ0n) is 9.68. The minimum atomic E-state index is -1.23. The highest BCUT2D eigenvalue weighted by atomic mass is 16.6. The molecule has 7 heteroatoms. The molecule has 0 spiro atoms. The summed E-state index contributed by atoms with van der Waals surface area (Å²) in [6.45, 7) is 0.176. The Hall–Kier alpha value is -2.83. The van der Waals surface area contributed by atoms with Crippen molar-refractivity contribution in [3.05, 3.63) is 57.9 Å². The van der Waals surface area contributed by atoms with Crippen molar-refractivity contribution in [1.82, 2.24) is 4.57 Å². The van der Waals surface area contributed by atoms with Gasteiger partial charge in [-0.15, -0.1) is 0 Å². The van der Waals surface area contributed by atoms with E-state index in [0.29, 0.717) is 0 Å². The Labute approximate surface area is 107 Å². The molecule has 19 heavy (non-hydrogen) atoms. The number of carbonyl (C=O) groups is 1. The van der Waals surface area contributed by atoms with E-state index in [4.69, 9.17) is 10.2 Å². The lowest BCUT2D eigenvalue weighted by atomic mass is 10.2. The van der Waals surface area contributed by atoms with Crippen LogP contribution in [0.25, 0.3) is 0 Å². The maximum atomic E-state index is 11.0. The number of aromatic nitrogens is 1. The first-order valence-electron chi connectivity index (χ1n) is 5.33. The molecule has 0 radical (unpaired) electrons. The highest BCUT2D eigenvalue weighted by molar-refractivity contribution is 5.87. The van der Waals surface area contributed by atoms with Crippen molar-refractivity contribution in [1.29, 1.82) is 0 Å². The van der Waals surface area contributed by atoms with Crippen LogP contribution in [0, 0.1) is 10.1 Å². The molecular formula is C12H10N2O5. The van der Waals surface area contributed by atoms with Gasteiger partial charge in [0.1, 0.15) is 11.4 Å². The molecule has 0 aliphatic heterocycles. The first-order valence-corrected chi connectivity index (χ1v) is 5.33. The fraction of sp³-hybridized carbons (Fsp3) is 0.0833. The van der Waals surface area contributed by atoms with E-state index in [9.17, 15) is 14.9 Å². The molecule has 1 aromatic heterocycles. The number of hydrogen-bond acceptors (Lipinski definition) is 4. The second kappa shape index (κ2) is 4.81. The Morgan fingerprint density at radius 3 is 2.47 bits per heavy atom. The van der Waals surface area contributed by atoms with E-state index >= 15 is 0 Å². The average molecular weight is 262 g/mol. The number of carboxylic acid groups (broad SMARTS) is 1. The summed E-state index contributed by atoms with van der Waals surface area (Å²) in [7, 11) is 0. The summed E-state index contributed by atoms with van der Waals surface area (Å²) in [5.74, 6) is -1.13. The van der Waals surface area contributed by atoms with Gasteiger partial charge in [-0.05, 0) is 17.7 Å². The lowest BCUT2D eigenvalue weighted by molar-refractivity contribution is -0.384. The molecule has 0 saturated heterocycles. The molecular weight excluding hydrogens is 252 g/mol. The Morgan fingerprint density at radius 2 is 1.95 bits per heavy atom. The van der Waals surface area contributed by atoms with Crippen LogP contribution in [-0.2, 0) is 6.54 Å². The Bertz CT molecular complexity index is 630. The molecule has 98 valence electrons. The van der Waals surface area contributed by atoms with Gasteiger partial charge in [0.05, 0.1) is 11.1 Å². The highest BCUT2D eigenvalue weighted by Crippen LogP contribution is 2.19. The van der Waals surface area contributed by atoms with Crippen molar-refractivity contribution in [2.24, 2.45) is 0 Å². The second-order valence-electron chi connectivity index (χ2n) is 3.94. The molecule has 1 aromatic carbocycles. The zero-order chi connectivity index (χ0) is 14.0. The monoisotopic (exact) mass is 262 g/mol.